The molecule has 0 saturated carbocycles. The highest BCUT2D eigenvalue weighted by molar-refractivity contribution is 6.04. The van der Waals surface area contributed by atoms with E-state index in [0.29, 0.717) is 12.1 Å². The summed E-state index contributed by atoms with van der Waals surface area (Å²) >= 11 is 0. The van der Waals surface area contributed by atoms with E-state index >= 15 is 0 Å². The van der Waals surface area contributed by atoms with Crippen LogP contribution in [-0.2, 0) is 12.0 Å². The maximum atomic E-state index is 12.6. The summed E-state index contributed by atoms with van der Waals surface area (Å²) in [5, 5.41) is 6.23. The number of anilines is 2. The van der Waals surface area contributed by atoms with Gasteiger partial charge < -0.3 is 15.4 Å². The normalized spacial score (nSPS) is 11.0. The Labute approximate surface area is 172 Å². The van der Waals surface area contributed by atoms with Crippen LogP contribution in [0.4, 0.5) is 11.4 Å². The van der Waals surface area contributed by atoms with Gasteiger partial charge in [-0.1, -0.05) is 45.0 Å². The molecule has 5 heteroatoms. The molecule has 1 heterocycles. The van der Waals surface area contributed by atoms with Gasteiger partial charge in [-0.15, -0.1) is 0 Å². The third-order valence-corrected chi connectivity index (χ3v) is 4.66. The van der Waals surface area contributed by atoms with Crippen molar-refractivity contribution >= 4 is 17.3 Å². The Balaban J connectivity index is 1.62. The fourth-order valence-corrected chi connectivity index (χ4v) is 2.87. The fourth-order valence-electron chi connectivity index (χ4n) is 2.87. The zero-order valence-electron chi connectivity index (χ0n) is 17.3. The number of methoxy groups -OCH3 is 1. The lowest BCUT2D eigenvalue weighted by atomic mass is 9.87. The molecule has 150 valence electrons. The number of amides is 1. The molecule has 1 aromatic heterocycles. The highest BCUT2D eigenvalue weighted by Crippen LogP contribution is 2.23. The number of nitrogens with one attached hydrogen (secondary N) is 2. The first-order chi connectivity index (χ1) is 13.8. The van der Waals surface area contributed by atoms with Gasteiger partial charge in [0.05, 0.1) is 18.4 Å². The molecule has 0 aliphatic rings. The van der Waals surface area contributed by atoms with Gasteiger partial charge >= 0.3 is 0 Å². The summed E-state index contributed by atoms with van der Waals surface area (Å²) in [4.78, 5) is 16.8. The molecule has 0 saturated heterocycles. The van der Waals surface area contributed by atoms with Crippen molar-refractivity contribution in [3.63, 3.8) is 0 Å². The van der Waals surface area contributed by atoms with E-state index in [1.165, 1.54) is 5.56 Å². The predicted octanol–water partition coefficient (Wildman–Crippen LogP) is 5.25. The molecule has 2 N–H and O–H groups in total. The molecule has 0 aliphatic carbocycles. The van der Waals surface area contributed by atoms with E-state index < -0.39 is 0 Å². The van der Waals surface area contributed by atoms with Crippen LogP contribution < -0.4 is 15.4 Å². The average Bonchev–Trinajstić information content (AvgIpc) is 2.72. The smallest absolute Gasteiger partial charge is 0.257 e. The monoisotopic (exact) mass is 389 g/mol. The van der Waals surface area contributed by atoms with Crippen molar-refractivity contribution in [1.82, 2.24) is 4.98 Å². The van der Waals surface area contributed by atoms with Crippen molar-refractivity contribution in [2.75, 3.05) is 17.7 Å². The largest absolute Gasteiger partial charge is 0.497 e. The van der Waals surface area contributed by atoms with Crippen LogP contribution in [0.2, 0.25) is 0 Å². The molecule has 29 heavy (non-hydrogen) atoms. The van der Waals surface area contributed by atoms with Gasteiger partial charge in [-0.05, 0) is 46.9 Å². The van der Waals surface area contributed by atoms with E-state index in [0.717, 1.165) is 22.7 Å². The minimum atomic E-state index is -0.186. The molecule has 2 aromatic carbocycles. The van der Waals surface area contributed by atoms with Gasteiger partial charge in [0.25, 0.3) is 5.91 Å². The number of ether oxygens (including phenoxy) is 1. The van der Waals surface area contributed by atoms with Crippen LogP contribution in [0.1, 0.15) is 42.3 Å². The topological polar surface area (TPSA) is 63.2 Å². The van der Waals surface area contributed by atoms with Crippen molar-refractivity contribution in [1.29, 1.82) is 0 Å². The molecular weight excluding hydrogens is 362 g/mol. The second kappa shape index (κ2) is 8.78. The van der Waals surface area contributed by atoms with E-state index in [1.54, 1.807) is 25.6 Å². The van der Waals surface area contributed by atoms with Crippen LogP contribution in [0.5, 0.6) is 5.75 Å². The number of hydrogen-bond acceptors (Lipinski definition) is 4. The van der Waals surface area contributed by atoms with Crippen molar-refractivity contribution < 1.29 is 9.53 Å². The molecule has 0 aliphatic heterocycles. The fraction of sp³-hybridized carbons (Fsp3) is 0.250. The van der Waals surface area contributed by atoms with Crippen LogP contribution in [0.3, 0.4) is 0 Å². The van der Waals surface area contributed by atoms with Crippen molar-refractivity contribution in [2.45, 2.75) is 32.7 Å². The molecule has 0 unspecified atom stereocenters. The Bertz CT molecular complexity index is 959. The van der Waals surface area contributed by atoms with Crippen molar-refractivity contribution in [3.8, 4) is 5.75 Å². The number of pyridine rings is 1. The van der Waals surface area contributed by atoms with E-state index in [4.69, 9.17) is 4.74 Å². The van der Waals surface area contributed by atoms with Gasteiger partial charge in [-0.25, -0.2) is 0 Å². The van der Waals surface area contributed by atoms with Gasteiger partial charge in [-0.2, -0.15) is 0 Å². The second-order valence-electron chi connectivity index (χ2n) is 7.95. The Morgan fingerprint density at radius 3 is 2.28 bits per heavy atom. The van der Waals surface area contributed by atoms with Crippen LogP contribution in [0.15, 0.2) is 67.0 Å². The SMILES string of the molecule is COc1ccc(CNc2cncc(C(=O)Nc3ccc(C(C)(C)C)cc3)c2)cc1. The zero-order valence-corrected chi connectivity index (χ0v) is 17.3. The van der Waals surface area contributed by atoms with E-state index in [1.807, 2.05) is 48.5 Å². The highest BCUT2D eigenvalue weighted by Gasteiger charge is 2.13. The minimum Gasteiger partial charge on any atom is -0.497 e. The van der Waals surface area contributed by atoms with Gasteiger partial charge in [0.2, 0.25) is 0 Å². The number of benzene rings is 2. The number of carbonyl (C=O) groups excluding carboxylic acids is 1. The van der Waals surface area contributed by atoms with Gasteiger partial charge in [0.15, 0.2) is 0 Å². The average molecular weight is 389 g/mol. The molecule has 0 radical (unpaired) electrons. The summed E-state index contributed by atoms with van der Waals surface area (Å²) in [6.07, 6.45) is 3.27. The first-order valence-corrected chi connectivity index (χ1v) is 9.59. The lowest BCUT2D eigenvalue weighted by Gasteiger charge is -2.19. The number of rotatable bonds is 6. The van der Waals surface area contributed by atoms with Crippen molar-refractivity contribution in [3.05, 3.63) is 83.7 Å². The standard InChI is InChI=1S/C24H27N3O2/c1-24(2,3)19-7-9-20(10-8-19)27-23(28)18-13-21(16-25-15-18)26-14-17-5-11-22(29-4)12-6-17/h5-13,15-16,26H,14H2,1-4H3,(H,27,28). The zero-order chi connectivity index (χ0) is 20.9. The van der Waals surface area contributed by atoms with Crippen molar-refractivity contribution in [2.24, 2.45) is 0 Å². The molecule has 0 atom stereocenters. The first kappa shape index (κ1) is 20.4. The first-order valence-electron chi connectivity index (χ1n) is 9.59. The Hall–Kier alpha value is -3.34. The number of carbonyl (C=O) groups is 1. The summed E-state index contributed by atoms with van der Waals surface area (Å²) in [5.41, 5.74) is 4.47. The van der Waals surface area contributed by atoms with Gasteiger partial charge in [0, 0.05) is 24.6 Å². The summed E-state index contributed by atoms with van der Waals surface area (Å²) in [6, 6.07) is 17.6. The number of aromatic nitrogens is 1. The summed E-state index contributed by atoms with van der Waals surface area (Å²) in [6.45, 7) is 7.12. The summed E-state index contributed by atoms with van der Waals surface area (Å²) in [7, 11) is 1.65. The lowest BCUT2D eigenvalue weighted by molar-refractivity contribution is 0.102. The summed E-state index contributed by atoms with van der Waals surface area (Å²) in [5.74, 6) is 0.638. The Morgan fingerprint density at radius 2 is 1.66 bits per heavy atom. The molecule has 1 amide bonds. The third-order valence-electron chi connectivity index (χ3n) is 4.66. The van der Waals surface area contributed by atoms with Crippen LogP contribution >= 0.6 is 0 Å². The Morgan fingerprint density at radius 1 is 0.966 bits per heavy atom. The van der Waals surface area contributed by atoms with Crippen LogP contribution in [-0.4, -0.2) is 18.0 Å². The van der Waals surface area contributed by atoms with E-state index in [9.17, 15) is 4.79 Å². The molecule has 3 rings (SSSR count). The van der Waals surface area contributed by atoms with E-state index in [-0.39, 0.29) is 11.3 Å². The molecule has 0 fully saturated rings. The maximum absolute atomic E-state index is 12.6. The highest BCUT2D eigenvalue weighted by atomic mass is 16.5. The Kier molecular flexibility index (Phi) is 6.17. The quantitative estimate of drug-likeness (QED) is 0.604. The lowest BCUT2D eigenvalue weighted by Crippen LogP contribution is -2.14. The summed E-state index contributed by atoms with van der Waals surface area (Å²) < 4.78 is 5.17. The predicted molar refractivity (Wildman–Crippen MR) is 118 cm³/mol. The molecular formula is C24H27N3O2. The number of hydrogen-bond donors (Lipinski definition) is 2. The maximum Gasteiger partial charge on any atom is 0.257 e. The molecule has 0 bridgehead atoms. The minimum absolute atomic E-state index is 0.0797. The third kappa shape index (κ3) is 5.57. The molecule has 3 aromatic rings. The second-order valence-corrected chi connectivity index (χ2v) is 7.95. The van der Waals surface area contributed by atoms with Crippen LogP contribution in [0.25, 0.3) is 0 Å². The molecule has 5 nitrogen and oxygen atoms in total. The van der Waals surface area contributed by atoms with Gasteiger partial charge in [0.1, 0.15) is 5.75 Å². The van der Waals surface area contributed by atoms with Gasteiger partial charge in [-0.3, -0.25) is 9.78 Å². The van der Waals surface area contributed by atoms with Crippen LogP contribution in [0, 0.1) is 0 Å². The van der Waals surface area contributed by atoms with E-state index in [2.05, 4.69) is 36.4 Å². The molecule has 0 spiro atoms. The number of nitrogens with zero attached hydrogens (tertiary/aromatic N) is 1.